The van der Waals surface area contributed by atoms with Gasteiger partial charge in [0.25, 0.3) is 0 Å². The second-order valence-electron chi connectivity index (χ2n) is 6.31. The quantitative estimate of drug-likeness (QED) is 0.785. The first kappa shape index (κ1) is 19.1. The fourth-order valence-corrected chi connectivity index (χ4v) is 4.38. The second kappa shape index (κ2) is 7.89. The van der Waals surface area contributed by atoms with Crippen LogP contribution in [0.15, 0.2) is 65.6 Å². The van der Waals surface area contributed by atoms with Gasteiger partial charge in [-0.2, -0.15) is 4.72 Å². The summed E-state index contributed by atoms with van der Waals surface area (Å²) in [6.07, 6.45) is 0.920. The van der Waals surface area contributed by atoms with E-state index in [1.165, 1.54) is 17.0 Å². The van der Waals surface area contributed by atoms with Crippen LogP contribution in [0.25, 0.3) is 0 Å². The van der Waals surface area contributed by atoms with Gasteiger partial charge in [-0.3, -0.25) is 4.79 Å². The molecule has 0 bridgehead atoms. The van der Waals surface area contributed by atoms with Crippen LogP contribution >= 0.6 is 0 Å². The lowest BCUT2D eigenvalue weighted by atomic mass is 10.1. The molecule has 7 nitrogen and oxygen atoms in total. The number of aliphatic carboxylic acids is 1. The molecule has 1 amide bonds. The minimum absolute atomic E-state index is 0.0370. The van der Waals surface area contributed by atoms with Crippen molar-refractivity contribution in [2.75, 3.05) is 6.54 Å². The van der Waals surface area contributed by atoms with E-state index < -0.39 is 34.0 Å². The summed E-state index contributed by atoms with van der Waals surface area (Å²) >= 11 is 0. The van der Waals surface area contributed by atoms with E-state index in [0.29, 0.717) is 18.4 Å². The Morgan fingerprint density at radius 1 is 1.04 bits per heavy atom. The summed E-state index contributed by atoms with van der Waals surface area (Å²) < 4.78 is 28.0. The number of sulfonamides is 1. The van der Waals surface area contributed by atoms with Gasteiger partial charge in [0.15, 0.2) is 0 Å². The molecule has 1 aliphatic heterocycles. The molecule has 0 unspecified atom stereocenters. The van der Waals surface area contributed by atoms with Crippen molar-refractivity contribution in [3.05, 3.63) is 66.2 Å². The molecule has 0 radical (unpaired) electrons. The normalized spacial score (nSPS) is 18.2. The van der Waals surface area contributed by atoms with Gasteiger partial charge in [-0.25, -0.2) is 13.2 Å². The fourth-order valence-electron chi connectivity index (χ4n) is 3.18. The highest BCUT2D eigenvalue weighted by Crippen LogP contribution is 2.25. The minimum Gasteiger partial charge on any atom is -0.480 e. The van der Waals surface area contributed by atoms with Gasteiger partial charge in [0, 0.05) is 6.54 Å². The van der Waals surface area contributed by atoms with Crippen molar-refractivity contribution in [3.8, 4) is 0 Å². The number of amides is 1. The van der Waals surface area contributed by atoms with E-state index in [9.17, 15) is 23.1 Å². The van der Waals surface area contributed by atoms with E-state index in [2.05, 4.69) is 4.72 Å². The molecule has 0 aliphatic carbocycles. The Bertz CT molecular complexity index is 916. The standard InChI is InChI=1S/C19H20N2O5S/c22-18(21-13-7-12-16(21)19(23)24)17(14-8-3-1-4-9-14)20-27(25,26)15-10-5-2-6-11-15/h1-6,8-11,16-17,20H,7,12-13H2,(H,23,24)/t16-,17-/m0/s1. The SMILES string of the molecule is O=C(O)[C@@H]1CCCN1C(=O)[C@@H](NS(=O)(=O)c1ccccc1)c1ccccc1. The molecule has 1 heterocycles. The third-order valence-electron chi connectivity index (χ3n) is 4.53. The summed E-state index contributed by atoms with van der Waals surface area (Å²) in [5.74, 6) is -1.65. The highest BCUT2D eigenvalue weighted by Gasteiger charge is 2.39. The van der Waals surface area contributed by atoms with Gasteiger partial charge in [0.2, 0.25) is 15.9 Å². The van der Waals surface area contributed by atoms with Gasteiger partial charge in [-0.1, -0.05) is 48.5 Å². The maximum atomic E-state index is 13.1. The number of rotatable bonds is 6. The second-order valence-corrected chi connectivity index (χ2v) is 8.02. The average molecular weight is 388 g/mol. The summed E-state index contributed by atoms with van der Waals surface area (Å²) in [5.41, 5.74) is 0.457. The lowest BCUT2D eigenvalue weighted by Crippen LogP contribution is -2.47. The summed E-state index contributed by atoms with van der Waals surface area (Å²) in [5, 5.41) is 9.36. The van der Waals surface area contributed by atoms with Crippen LogP contribution in [0, 0.1) is 0 Å². The lowest BCUT2D eigenvalue weighted by molar-refractivity contribution is -0.148. The van der Waals surface area contributed by atoms with E-state index in [1.54, 1.807) is 48.5 Å². The zero-order chi connectivity index (χ0) is 19.4. The van der Waals surface area contributed by atoms with Crippen LogP contribution in [0.1, 0.15) is 24.4 Å². The molecule has 3 rings (SSSR count). The molecular formula is C19H20N2O5S. The van der Waals surface area contributed by atoms with Crippen LogP contribution in [-0.4, -0.2) is 42.9 Å². The van der Waals surface area contributed by atoms with Gasteiger partial charge in [0.05, 0.1) is 4.90 Å². The van der Waals surface area contributed by atoms with E-state index >= 15 is 0 Å². The molecule has 2 N–H and O–H groups in total. The molecule has 0 aromatic heterocycles. The molecular weight excluding hydrogens is 368 g/mol. The molecule has 2 atom stereocenters. The summed E-state index contributed by atoms with van der Waals surface area (Å²) in [6.45, 7) is 0.284. The third kappa shape index (κ3) is 4.17. The third-order valence-corrected chi connectivity index (χ3v) is 5.97. The zero-order valence-corrected chi connectivity index (χ0v) is 15.3. The molecule has 0 saturated carbocycles. The van der Waals surface area contributed by atoms with Crippen LogP contribution in [0.2, 0.25) is 0 Å². The highest BCUT2D eigenvalue weighted by molar-refractivity contribution is 7.89. The van der Waals surface area contributed by atoms with Gasteiger partial charge >= 0.3 is 5.97 Å². The number of nitrogens with zero attached hydrogens (tertiary/aromatic N) is 1. The van der Waals surface area contributed by atoms with Crippen LogP contribution in [-0.2, 0) is 19.6 Å². The predicted molar refractivity (Wildman–Crippen MR) is 98.3 cm³/mol. The summed E-state index contributed by atoms with van der Waals surface area (Å²) in [4.78, 5) is 25.8. The molecule has 1 saturated heterocycles. The summed E-state index contributed by atoms with van der Waals surface area (Å²) in [7, 11) is -3.96. The number of carboxylic acid groups (broad SMARTS) is 1. The maximum absolute atomic E-state index is 13.1. The molecule has 0 spiro atoms. The first-order chi connectivity index (χ1) is 12.9. The monoisotopic (exact) mass is 388 g/mol. The van der Waals surface area contributed by atoms with Gasteiger partial charge in [0.1, 0.15) is 12.1 Å². The Kier molecular flexibility index (Phi) is 5.57. The first-order valence-corrected chi connectivity index (χ1v) is 10.0. The number of carbonyl (C=O) groups excluding carboxylic acids is 1. The Hall–Kier alpha value is -2.71. The molecule has 1 aliphatic rings. The van der Waals surface area contributed by atoms with Crippen molar-refractivity contribution in [3.63, 3.8) is 0 Å². The number of likely N-dealkylation sites (tertiary alicyclic amines) is 1. The van der Waals surface area contributed by atoms with E-state index in [4.69, 9.17) is 0 Å². The van der Waals surface area contributed by atoms with Crippen LogP contribution in [0.3, 0.4) is 0 Å². The fraction of sp³-hybridized carbons (Fsp3) is 0.263. The van der Waals surface area contributed by atoms with Crippen molar-refractivity contribution in [1.29, 1.82) is 0 Å². The van der Waals surface area contributed by atoms with Gasteiger partial charge in [-0.05, 0) is 30.5 Å². The van der Waals surface area contributed by atoms with Crippen molar-refractivity contribution in [2.45, 2.75) is 29.8 Å². The predicted octanol–water partition coefficient (Wildman–Crippen LogP) is 1.78. The average Bonchev–Trinajstić information content (AvgIpc) is 3.17. The topological polar surface area (TPSA) is 104 Å². The zero-order valence-electron chi connectivity index (χ0n) is 14.5. The maximum Gasteiger partial charge on any atom is 0.326 e. The van der Waals surface area contributed by atoms with Crippen molar-refractivity contribution in [2.24, 2.45) is 0 Å². The van der Waals surface area contributed by atoms with Crippen LogP contribution in [0.4, 0.5) is 0 Å². The Morgan fingerprint density at radius 3 is 2.22 bits per heavy atom. The van der Waals surface area contributed by atoms with Gasteiger partial charge < -0.3 is 10.0 Å². The number of hydrogen-bond donors (Lipinski definition) is 2. The van der Waals surface area contributed by atoms with E-state index in [0.717, 1.165) is 0 Å². The molecule has 8 heteroatoms. The Balaban J connectivity index is 1.95. The summed E-state index contributed by atoms with van der Waals surface area (Å²) in [6, 6.07) is 14.0. The number of carboxylic acids is 1. The Labute approximate surface area is 157 Å². The minimum atomic E-state index is -3.96. The number of benzene rings is 2. The van der Waals surface area contributed by atoms with Crippen LogP contribution in [0.5, 0.6) is 0 Å². The number of nitrogens with one attached hydrogen (secondary N) is 1. The van der Waals surface area contributed by atoms with Gasteiger partial charge in [-0.15, -0.1) is 0 Å². The first-order valence-electron chi connectivity index (χ1n) is 8.56. The smallest absolute Gasteiger partial charge is 0.326 e. The van der Waals surface area contributed by atoms with E-state index in [1.807, 2.05) is 0 Å². The van der Waals surface area contributed by atoms with E-state index in [-0.39, 0.29) is 11.4 Å². The highest BCUT2D eigenvalue weighted by atomic mass is 32.2. The molecule has 27 heavy (non-hydrogen) atoms. The molecule has 2 aromatic carbocycles. The molecule has 2 aromatic rings. The van der Waals surface area contributed by atoms with Crippen LogP contribution < -0.4 is 4.72 Å². The van der Waals surface area contributed by atoms with Crippen molar-refractivity contribution in [1.82, 2.24) is 9.62 Å². The number of carbonyl (C=O) groups is 2. The van der Waals surface area contributed by atoms with Crippen molar-refractivity contribution < 1.29 is 23.1 Å². The largest absolute Gasteiger partial charge is 0.480 e. The molecule has 1 fully saturated rings. The lowest BCUT2D eigenvalue weighted by Gasteiger charge is -2.27. The molecule has 142 valence electrons. The number of hydrogen-bond acceptors (Lipinski definition) is 4. The van der Waals surface area contributed by atoms with Crippen molar-refractivity contribution >= 4 is 21.9 Å². The Morgan fingerprint density at radius 2 is 1.63 bits per heavy atom.